The van der Waals surface area contributed by atoms with Gasteiger partial charge in [0, 0.05) is 10.9 Å². The maximum absolute atomic E-state index is 12.7. The van der Waals surface area contributed by atoms with E-state index >= 15 is 0 Å². The zero-order chi connectivity index (χ0) is 14.3. The van der Waals surface area contributed by atoms with Gasteiger partial charge in [-0.05, 0) is 42.5 Å². The molecular formula is C16H24N2OS. The summed E-state index contributed by atoms with van der Waals surface area (Å²) in [4.78, 5) is 16.1. The van der Waals surface area contributed by atoms with Gasteiger partial charge in [-0.2, -0.15) is 0 Å². The normalized spacial score (nSPS) is 33.0. The summed E-state index contributed by atoms with van der Waals surface area (Å²) in [6, 6.07) is 4.60. The average Bonchev–Trinajstić information content (AvgIpc) is 3.08. The van der Waals surface area contributed by atoms with Gasteiger partial charge in [-0.15, -0.1) is 11.3 Å². The van der Waals surface area contributed by atoms with E-state index in [2.05, 4.69) is 48.5 Å². The van der Waals surface area contributed by atoms with Crippen molar-refractivity contribution in [2.24, 2.45) is 5.41 Å². The molecule has 3 unspecified atom stereocenters. The Morgan fingerprint density at radius 2 is 2.30 bits per heavy atom. The highest BCUT2D eigenvalue weighted by molar-refractivity contribution is 7.10. The lowest BCUT2D eigenvalue weighted by molar-refractivity contribution is -0.132. The minimum Gasteiger partial charge on any atom is -0.318 e. The molecule has 3 nitrogen and oxygen atoms in total. The van der Waals surface area contributed by atoms with Gasteiger partial charge in [-0.25, -0.2) is 0 Å². The van der Waals surface area contributed by atoms with Crippen LogP contribution in [0.4, 0.5) is 0 Å². The van der Waals surface area contributed by atoms with Crippen molar-refractivity contribution in [2.45, 2.75) is 64.7 Å². The van der Waals surface area contributed by atoms with Gasteiger partial charge in [-0.3, -0.25) is 10.1 Å². The van der Waals surface area contributed by atoms with Crippen LogP contribution in [0.2, 0.25) is 0 Å². The summed E-state index contributed by atoms with van der Waals surface area (Å²) in [7, 11) is 0. The second kappa shape index (κ2) is 5.15. The number of hydrogen-bond acceptors (Lipinski definition) is 3. The van der Waals surface area contributed by atoms with E-state index in [0.717, 1.165) is 19.3 Å². The van der Waals surface area contributed by atoms with Crippen molar-refractivity contribution in [1.29, 1.82) is 0 Å². The first kappa shape index (κ1) is 14.1. The lowest BCUT2D eigenvalue weighted by Crippen LogP contribution is -2.39. The predicted octanol–water partition coefficient (Wildman–Crippen LogP) is 3.54. The lowest BCUT2D eigenvalue weighted by Gasteiger charge is -2.30. The van der Waals surface area contributed by atoms with Crippen molar-refractivity contribution in [3.05, 3.63) is 22.4 Å². The monoisotopic (exact) mass is 292 g/mol. The van der Waals surface area contributed by atoms with E-state index in [1.54, 1.807) is 11.3 Å². The van der Waals surface area contributed by atoms with Gasteiger partial charge in [0.15, 0.2) is 0 Å². The standard InChI is InChI=1S/C16H24N2OS/c1-4-12-15(19)18(11-7-8-16(2,3)10-11)14(17-12)13-6-5-9-20-13/h5-6,9,11-12,14,17H,4,7-8,10H2,1-3H3. The summed E-state index contributed by atoms with van der Waals surface area (Å²) < 4.78 is 0. The summed E-state index contributed by atoms with van der Waals surface area (Å²) >= 11 is 1.74. The highest BCUT2D eigenvalue weighted by atomic mass is 32.1. The van der Waals surface area contributed by atoms with Crippen molar-refractivity contribution in [1.82, 2.24) is 10.2 Å². The fourth-order valence-corrected chi connectivity index (χ4v) is 4.42. The van der Waals surface area contributed by atoms with E-state index in [1.807, 2.05) is 0 Å². The molecule has 1 saturated carbocycles. The fourth-order valence-electron chi connectivity index (χ4n) is 3.64. The number of hydrogen-bond donors (Lipinski definition) is 1. The van der Waals surface area contributed by atoms with E-state index in [4.69, 9.17) is 0 Å². The fraction of sp³-hybridized carbons (Fsp3) is 0.688. The number of rotatable bonds is 3. The molecule has 20 heavy (non-hydrogen) atoms. The number of thiophene rings is 1. The van der Waals surface area contributed by atoms with Crippen molar-refractivity contribution in [3.63, 3.8) is 0 Å². The van der Waals surface area contributed by atoms with Crippen LogP contribution in [0, 0.1) is 5.41 Å². The maximum Gasteiger partial charge on any atom is 0.241 e. The van der Waals surface area contributed by atoms with Crippen LogP contribution < -0.4 is 5.32 Å². The van der Waals surface area contributed by atoms with Crippen LogP contribution in [-0.2, 0) is 4.79 Å². The Morgan fingerprint density at radius 3 is 2.85 bits per heavy atom. The highest BCUT2D eigenvalue weighted by Gasteiger charge is 2.46. The SMILES string of the molecule is CCC1NC(c2cccs2)N(C2CCC(C)(C)C2)C1=O. The minimum atomic E-state index is -0.00851. The van der Waals surface area contributed by atoms with Gasteiger partial charge >= 0.3 is 0 Å². The first-order valence-corrected chi connectivity index (χ1v) is 8.51. The summed E-state index contributed by atoms with van der Waals surface area (Å²) in [5.74, 6) is 0.300. The molecule has 4 heteroatoms. The van der Waals surface area contributed by atoms with Gasteiger partial charge in [-0.1, -0.05) is 26.8 Å². The molecule has 2 fully saturated rings. The third-order valence-corrected chi connectivity index (χ3v) is 5.67. The Kier molecular flexibility index (Phi) is 3.63. The summed E-state index contributed by atoms with van der Waals surface area (Å²) in [6.07, 6.45) is 4.44. The smallest absolute Gasteiger partial charge is 0.241 e. The molecule has 0 bridgehead atoms. The van der Waals surface area contributed by atoms with Gasteiger partial charge in [0.25, 0.3) is 0 Å². The van der Waals surface area contributed by atoms with Crippen LogP contribution in [0.15, 0.2) is 17.5 Å². The third-order valence-electron chi connectivity index (χ3n) is 4.75. The first-order chi connectivity index (χ1) is 9.52. The quantitative estimate of drug-likeness (QED) is 0.924. The molecule has 1 saturated heterocycles. The number of amides is 1. The van der Waals surface area contributed by atoms with E-state index in [0.29, 0.717) is 17.4 Å². The Hall–Kier alpha value is -0.870. The Bertz CT molecular complexity index is 483. The molecule has 1 N–H and O–H groups in total. The number of nitrogens with one attached hydrogen (secondary N) is 1. The Labute approximate surface area is 125 Å². The van der Waals surface area contributed by atoms with Crippen molar-refractivity contribution in [2.75, 3.05) is 0 Å². The van der Waals surface area contributed by atoms with E-state index in [-0.39, 0.29) is 12.2 Å². The Morgan fingerprint density at radius 1 is 1.50 bits per heavy atom. The molecule has 1 amide bonds. The van der Waals surface area contributed by atoms with E-state index in [9.17, 15) is 4.79 Å². The molecule has 3 rings (SSSR count). The third kappa shape index (κ3) is 2.40. The molecule has 2 heterocycles. The predicted molar refractivity (Wildman–Crippen MR) is 82.5 cm³/mol. The van der Waals surface area contributed by atoms with Crippen LogP contribution in [-0.4, -0.2) is 22.9 Å². The second-order valence-electron chi connectivity index (χ2n) is 6.85. The van der Waals surface area contributed by atoms with Crippen LogP contribution in [0.3, 0.4) is 0 Å². The molecular weight excluding hydrogens is 268 g/mol. The molecule has 1 aromatic rings. The summed E-state index contributed by atoms with van der Waals surface area (Å²) in [6.45, 7) is 6.72. The molecule has 2 aliphatic rings. The van der Waals surface area contributed by atoms with Crippen LogP contribution in [0.25, 0.3) is 0 Å². The van der Waals surface area contributed by atoms with Crippen molar-refractivity contribution in [3.8, 4) is 0 Å². The van der Waals surface area contributed by atoms with Gasteiger partial charge < -0.3 is 4.90 Å². The number of nitrogens with zero attached hydrogens (tertiary/aromatic N) is 1. The maximum atomic E-state index is 12.7. The van der Waals surface area contributed by atoms with Gasteiger partial charge in [0.2, 0.25) is 5.91 Å². The zero-order valence-corrected chi connectivity index (χ0v) is 13.4. The first-order valence-electron chi connectivity index (χ1n) is 7.63. The van der Waals surface area contributed by atoms with E-state index in [1.165, 1.54) is 11.3 Å². The van der Waals surface area contributed by atoms with Gasteiger partial charge in [0.05, 0.1) is 6.04 Å². The molecule has 0 radical (unpaired) electrons. The summed E-state index contributed by atoms with van der Waals surface area (Å²) in [5, 5.41) is 5.63. The zero-order valence-electron chi connectivity index (χ0n) is 12.6. The van der Waals surface area contributed by atoms with Crippen LogP contribution in [0.5, 0.6) is 0 Å². The van der Waals surface area contributed by atoms with Crippen LogP contribution >= 0.6 is 11.3 Å². The minimum absolute atomic E-state index is 0.00851. The number of carbonyl (C=O) groups is 1. The van der Waals surface area contributed by atoms with E-state index < -0.39 is 0 Å². The van der Waals surface area contributed by atoms with Crippen molar-refractivity contribution < 1.29 is 4.79 Å². The molecule has 1 aliphatic heterocycles. The molecule has 1 aromatic heterocycles. The molecule has 0 aromatic carbocycles. The molecule has 110 valence electrons. The average molecular weight is 292 g/mol. The molecule has 1 aliphatic carbocycles. The molecule has 0 spiro atoms. The number of carbonyl (C=O) groups excluding carboxylic acids is 1. The van der Waals surface area contributed by atoms with Crippen molar-refractivity contribution >= 4 is 17.2 Å². The Balaban J connectivity index is 1.87. The van der Waals surface area contributed by atoms with Crippen LogP contribution in [0.1, 0.15) is 57.5 Å². The largest absolute Gasteiger partial charge is 0.318 e. The topological polar surface area (TPSA) is 32.3 Å². The lowest BCUT2D eigenvalue weighted by atomic mass is 9.91. The van der Waals surface area contributed by atoms with Gasteiger partial charge in [0.1, 0.15) is 6.17 Å². The second-order valence-corrected chi connectivity index (χ2v) is 7.83. The summed E-state index contributed by atoms with van der Waals surface area (Å²) in [5.41, 5.74) is 0.370. The highest BCUT2D eigenvalue weighted by Crippen LogP contribution is 2.43. The molecule has 3 atom stereocenters.